The number of aromatic nitrogens is 3. The number of nitrogens with one attached hydrogen (secondary N) is 1. The number of aryl methyl sites for hydroxylation is 1. The second-order valence-corrected chi connectivity index (χ2v) is 14.2. The van der Waals surface area contributed by atoms with Crippen LogP contribution in [0.3, 0.4) is 0 Å². The molecule has 0 bridgehead atoms. The highest BCUT2D eigenvalue weighted by Crippen LogP contribution is 2.36. The average molecular weight is 725 g/mol. The number of hydrogen-bond acceptors (Lipinski definition) is 10. The number of imidazole rings is 1. The third kappa shape index (κ3) is 8.32. The lowest BCUT2D eigenvalue weighted by Crippen LogP contribution is -2.50. The molecule has 0 aliphatic carbocycles. The van der Waals surface area contributed by atoms with Gasteiger partial charge in [-0.1, -0.05) is 13.3 Å². The molecule has 1 aliphatic rings. The summed E-state index contributed by atoms with van der Waals surface area (Å²) in [5.74, 6) is 4.62. The van der Waals surface area contributed by atoms with Gasteiger partial charge in [0.05, 0.1) is 46.0 Å². The van der Waals surface area contributed by atoms with Crippen LogP contribution in [0.5, 0.6) is 23.0 Å². The number of hydrogen-bond donors (Lipinski definition) is 1. The maximum atomic E-state index is 12.8. The largest absolute Gasteiger partial charge is 0.497 e. The van der Waals surface area contributed by atoms with Gasteiger partial charge in [-0.3, -0.25) is 0 Å². The number of piperazine rings is 1. The Balaban J connectivity index is 1.44. The van der Waals surface area contributed by atoms with E-state index in [1.54, 1.807) is 33.3 Å². The molecule has 0 spiro atoms. The van der Waals surface area contributed by atoms with Gasteiger partial charge in [-0.05, 0) is 69.7 Å². The van der Waals surface area contributed by atoms with Crippen molar-refractivity contribution in [1.29, 1.82) is 0 Å². The lowest BCUT2D eigenvalue weighted by Gasteiger charge is -2.36. The number of benzene rings is 3. The third-order valence-corrected chi connectivity index (χ3v) is 9.55. The van der Waals surface area contributed by atoms with Gasteiger partial charge in [0.2, 0.25) is 0 Å². The summed E-state index contributed by atoms with van der Waals surface area (Å²) in [5.41, 5.74) is 5.17. The molecule has 5 aromatic rings. The van der Waals surface area contributed by atoms with Crippen LogP contribution in [0.1, 0.15) is 57.5 Å². The number of nitrogens with zero attached hydrogens (tertiary/aromatic N) is 5. The minimum absolute atomic E-state index is 0.272. The zero-order chi connectivity index (χ0) is 37.7. The van der Waals surface area contributed by atoms with Gasteiger partial charge in [-0.2, -0.15) is 0 Å². The number of unbranched alkanes of at least 4 members (excludes halogenated alkanes) is 1. The van der Waals surface area contributed by atoms with E-state index in [4.69, 9.17) is 33.7 Å². The molecule has 0 saturated carbocycles. The number of ether oxygens (including phenoxy) is 5. The quantitative estimate of drug-likeness (QED) is 0.130. The maximum absolute atomic E-state index is 12.8. The van der Waals surface area contributed by atoms with Gasteiger partial charge < -0.3 is 43.4 Å². The molecular weight excluding hydrogens is 672 g/mol. The first-order valence-electron chi connectivity index (χ1n) is 18.3. The Morgan fingerprint density at radius 1 is 0.811 bits per heavy atom. The van der Waals surface area contributed by atoms with E-state index < -0.39 is 5.60 Å². The Bertz CT molecular complexity index is 2060. The topological polar surface area (TPSA) is 112 Å². The summed E-state index contributed by atoms with van der Waals surface area (Å²) in [7, 11) is 6.65. The second-order valence-electron chi connectivity index (χ2n) is 14.2. The number of carbonyl (C=O) groups is 1. The lowest BCUT2D eigenvalue weighted by molar-refractivity contribution is 0.0240. The summed E-state index contributed by atoms with van der Waals surface area (Å²) in [5, 5.41) is 4.61. The Labute approximate surface area is 311 Å². The van der Waals surface area contributed by atoms with Crippen LogP contribution in [0, 0.1) is 0 Å². The molecule has 1 fully saturated rings. The van der Waals surface area contributed by atoms with E-state index in [-0.39, 0.29) is 6.09 Å². The molecule has 6 rings (SSSR count). The Hall–Kier alpha value is -5.39. The number of anilines is 2. The normalized spacial score (nSPS) is 13.4. The van der Waals surface area contributed by atoms with Crippen molar-refractivity contribution in [3.05, 3.63) is 71.5 Å². The second kappa shape index (κ2) is 16.1. The maximum Gasteiger partial charge on any atom is 0.410 e. The van der Waals surface area contributed by atoms with Crippen molar-refractivity contribution < 1.29 is 28.5 Å². The fourth-order valence-corrected chi connectivity index (χ4v) is 6.74. The smallest absolute Gasteiger partial charge is 0.410 e. The summed E-state index contributed by atoms with van der Waals surface area (Å²) >= 11 is 0. The molecule has 282 valence electrons. The van der Waals surface area contributed by atoms with Crippen molar-refractivity contribution in [2.75, 3.05) is 64.8 Å². The SMILES string of the molecule is CCCCc1nc2c(NCc3ccc(OC)cc3OC)nc3ccc(N4CCN(C(=O)OC(C)(C)C)CC4)cc3c2n1Cc1ccc(OC)cc1OC. The van der Waals surface area contributed by atoms with Gasteiger partial charge in [-0.25, -0.2) is 14.8 Å². The predicted molar refractivity (Wildman–Crippen MR) is 209 cm³/mol. The number of pyridine rings is 1. The summed E-state index contributed by atoms with van der Waals surface area (Å²) in [6.07, 6.45) is 2.57. The van der Waals surface area contributed by atoms with Gasteiger partial charge in [0.15, 0.2) is 5.82 Å². The molecule has 0 unspecified atom stereocenters. The minimum atomic E-state index is -0.534. The number of rotatable bonds is 13. The van der Waals surface area contributed by atoms with Crippen LogP contribution in [-0.2, 0) is 24.2 Å². The van der Waals surface area contributed by atoms with Crippen molar-refractivity contribution in [3.8, 4) is 23.0 Å². The molecule has 1 saturated heterocycles. The van der Waals surface area contributed by atoms with Crippen LogP contribution in [0.2, 0.25) is 0 Å². The Morgan fingerprint density at radius 3 is 2.09 bits per heavy atom. The molecular formula is C41H52N6O6. The van der Waals surface area contributed by atoms with Crippen LogP contribution in [0.15, 0.2) is 54.6 Å². The van der Waals surface area contributed by atoms with Crippen LogP contribution in [0.4, 0.5) is 16.3 Å². The molecule has 3 aromatic carbocycles. The summed E-state index contributed by atoms with van der Waals surface area (Å²) in [4.78, 5) is 27.4. The lowest BCUT2D eigenvalue weighted by atomic mass is 10.1. The van der Waals surface area contributed by atoms with E-state index in [0.29, 0.717) is 45.1 Å². The van der Waals surface area contributed by atoms with Crippen molar-refractivity contribution in [2.45, 2.75) is 65.6 Å². The van der Waals surface area contributed by atoms with E-state index >= 15 is 0 Å². The fraction of sp³-hybridized carbons (Fsp3) is 0.439. The van der Waals surface area contributed by atoms with E-state index in [9.17, 15) is 4.79 Å². The van der Waals surface area contributed by atoms with Gasteiger partial charge in [-0.15, -0.1) is 0 Å². The molecule has 1 N–H and O–H groups in total. The van der Waals surface area contributed by atoms with Gasteiger partial charge in [0, 0.05) is 73.5 Å². The van der Waals surface area contributed by atoms with Crippen molar-refractivity contribution >= 4 is 39.5 Å². The fourth-order valence-electron chi connectivity index (χ4n) is 6.74. The third-order valence-electron chi connectivity index (χ3n) is 9.55. The van der Waals surface area contributed by atoms with Crippen LogP contribution >= 0.6 is 0 Å². The number of methoxy groups -OCH3 is 4. The van der Waals surface area contributed by atoms with Gasteiger partial charge in [0.1, 0.15) is 39.9 Å². The van der Waals surface area contributed by atoms with E-state index in [2.05, 4.69) is 46.0 Å². The highest BCUT2D eigenvalue weighted by molar-refractivity contribution is 6.08. The molecule has 2 aromatic heterocycles. The first-order chi connectivity index (χ1) is 25.5. The molecule has 1 amide bonds. The Morgan fingerprint density at radius 2 is 1.47 bits per heavy atom. The van der Waals surface area contributed by atoms with Crippen molar-refractivity contribution in [2.24, 2.45) is 0 Å². The molecule has 0 atom stereocenters. The first-order valence-corrected chi connectivity index (χ1v) is 18.3. The molecule has 3 heterocycles. The molecule has 0 radical (unpaired) electrons. The van der Waals surface area contributed by atoms with Crippen molar-refractivity contribution in [1.82, 2.24) is 19.4 Å². The summed E-state index contributed by atoms with van der Waals surface area (Å²) in [6, 6.07) is 18.2. The highest BCUT2D eigenvalue weighted by atomic mass is 16.6. The standard InChI is InChI=1S/C41H52N6O6/c1-9-10-11-36-44-37-38(47(36)26-28-13-16-31(50-6)24-35(28)52-8)32-22-29(45-18-20-46(21-19-45)40(48)53-41(2,3)4)14-17-33(32)43-39(37)42-25-27-12-15-30(49-5)23-34(27)51-7/h12-17,22-24H,9-11,18-21,25-26H2,1-8H3,(H,42,43). The molecule has 1 aliphatic heterocycles. The first kappa shape index (κ1) is 37.4. The van der Waals surface area contributed by atoms with E-state index in [1.165, 1.54) is 0 Å². The summed E-state index contributed by atoms with van der Waals surface area (Å²) < 4.78 is 30.5. The van der Waals surface area contributed by atoms with E-state index in [1.807, 2.05) is 51.1 Å². The zero-order valence-electron chi connectivity index (χ0n) is 32.2. The zero-order valence-corrected chi connectivity index (χ0v) is 32.2. The predicted octanol–water partition coefficient (Wildman–Crippen LogP) is 7.68. The summed E-state index contributed by atoms with van der Waals surface area (Å²) in [6.45, 7) is 11.4. The molecule has 12 heteroatoms. The average Bonchev–Trinajstić information content (AvgIpc) is 3.53. The van der Waals surface area contributed by atoms with Crippen LogP contribution in [-0.4, -0.2) is 85.7 Å². The van der Waals surface area contributed by atoms with Crippen LogP contribution in [0.25, 0.3) is 21.9 Å². The van der Waals surface area contributed by atoms with Crippen LogP contribution < -0.4 is 29.2 Å². The van der Waals surface area contributed by atoms with Gasteiger partial charge in [0.25, 0.3) is 0 Å². The Kier molecular flexibility index (Phi) is 11.4. The van der Waals surface area contributed by atoms with Gasteiger partial charge >= 0.3 is 6.09 Å². The number of fused-ring (bicyclic) bond motifs is 3. The number of amides is 1. The molecule has 53 heavy (non-hydrogen) atoms. The highest BCUT2D eigenvalue weighted by Gasteiger charge is 2.27. The minimum Gasteiger partial charge on any atom is -0.497 e. The van der Waals surface area contributed by atoms with E-state index in [0.717, 1.165) is 86.8 Å². The van der Waals surface area contributed by atoms with Crippen molar-refractivity contribution in [3.63, 3.8) is 0 Å². The monoisotopic (exact) mass is 724 g/mol. The molecule has 12 nitrogen and oxygen atoms in total. The number of carbonyl (C=O) groups excluding carboxylic acids is 1.